The van der Waals surface area contributed by atoms with E-state index in [2.05, 4.69) is 6.58 Å². The van der Waals surface area contributed by atoms with Crippen molar-refractivity contribution in [3.63, 3.8) is 0 Å². The number of alkyl halides is 3. The summed E-state index contributed by atoms with van der Waals surface area (Å²) in [5.41, 5.74) is -1.58. The maximum Gasteiger partial charge on any atom is 0.419 e. The van der Waals surface area contributed by atoms with Crippen LogP contribution in [0.15, 0.2) is 30.4 Å². The largest absolute Gasteiger partial charge is 0.481 e. The van der Waals surface area contributed by atoms with Crippen LogP contribution in [0.1, 0.15) is 42.1 Å². The summed E-state index contributed by atoms with van der Waals surface area (Å²) in [7, 11) is -4.34. The maximum atomic E-state index is 13.6. The Hall–Kier alpha value is -1.72. The number of esters is 1. The van der Waals surface area contributed by atoms with Gasteiger partial charge in [-0.2, -0.15) is 33.4 Å². The van der Waals surface area contributed by atoms with Gasteiger partial charge in [-0.15, -0.1) is 0 Å². The SMILES string of the molecule is C=C(C)C1(Oc2cc(C(=O)OCCS(=O)(=O)O)ccc2C(F)(F)F)CC2CCC1S2. The summed E-state index contributed by atoms with van der Waals surface area (Å²) in [6.07, 6.45) is -2.39. The third kappa shape index (κ3) is 4.78. The van der Waals surface area contributed by atoms with Gasteiger partial charge in [-0.25, -0.2) is 4.79 Å². The quantitative estimate of drug-likeness (QED) is 0.367. The third-order valence-corrected chi connectivity index (χ3v) is 7.69. The van der Waals surface area contributed by atoms with E-state index in [4.69, 9.17) is 14.0 Å². The fraction of sp³-hybridized carbons (Fsp3) is 0.526. The summed E-state index contributed by atoms with van der Waals surface area (Å²) in [6.45, 7) is 5.04. The first-order chi connectivity index (χ1) is 13.8. The van der Waals surface area contributed by atoms with E-state index in [-0.39, 0.29) is 16.1 Å². The molecule has 166 valence electrons. The van der Waals surface area contributed by atoms with Gasteiger partial charge in [0.05, 0.1) is 11.1 Å². The van der Waals surface area contributed by atoms with Crippen LogP contribution in [-0.2, 0) is 21.0 Å². The molecule has 0 radical (unpaired) electrons. The number of fused-ring (bicyclic) bond motifs is 2. The highest BCUT2D eigenvalue weighted by molar-refractivity contribution is 8.01. The van der Waals surface area contributed by atoms with E-state index in [0.29, 0.717) is 12.0 Å². The number of carbonyl (C=O) groups excluding carboxylic acids is 1. The second-order valence-corrected chi connectivity index (χ2v) is 10.5. The van der Waals surface area contributed by atoms with Crippen molar-refractivity contribution < 1.29 is 40.4 Å². The van der Waals surface area contributed by atoms with Gasteiger partial charge in [0.25, 0.3) is 10.1 Å². The van der Waals surface area contributed by atoms with E-state index < -0.39 is 51.5 Å². The lowest BCUT2D eigenvalue weighted by molar-refractivity contribution is -0.139. The Bertz CT molecular complexity index is 960. The zero-order valence-corrected chi connectivity index (χ0v) is 17.7. The summed E-state index contributed by atoms with van der Waals surface area (Å²) < 4.78 is 81.6. The molecule has 6 nitrogen and oxygen atoms in total. The standard InChI is InChI=1S/C19H21F3O6S2/c1-11(2)18(10-13-4-6-16(18)29-13)28-15-9-12(3-5-14(15)19(20,21)22)17(23)27-7-8-30(24,25)26/h3,5,9,13,16H,1,4,6-8,10H2,2H3,(H,24,25,26). The van der Waals surface area contributed by atoms with Crippen molar-refractivity contribution >= 4 is 27.8 Å². The topological polar surface area (TPSA) is 89.9 Å². The van der Waals surface area contributed by atoms with Crippen LogP contribution >= 0.6 is 11.8 Å². The number of thioether (sulfide) groups is 1. The van der Waals surface area contributed by atoms with Gasteiger partial charge in [0, 0.05) is 16.9 Å². The predicted molar refractivity (Wildman–Crippen MR) is 105 cm³/mol. The smallest absolute Gasteiger partial charge is 0.419 e. The summed E-state index contributed by atoms with van der Waals surface area (Å²) in [5, 5.41) is 0.265. The van der Waals surface area contributed by atoms with Crippen LogP contribution in [0, 0.1) is 0 Å². The Morgan fingerprint density at radius 1 is 1.37 bits per heavy atom. The van der Waals surface area contributed by atoms with Crippen molar-refractivity contribution in [3.05, 3.63) is 41.5 Å². The average Bonchev–Trinajstić information content (AvgIpc) is 3.21. The zero-order valence-electron chi connectivity index (χ0n) is 16.1. The molecular formula is C19H21F3O6S2. The molecule has 3 rings (SSSR count). The van der Waals surface area contributed by atoms with Gasteiger partial charge in [-0.3, -0.25) is 4.55 Å². The van der Waals surface area contributed by atoms with Gasteiger partial charge in [0.1, 0.15) is 23.7 Å². The van der Waals surface area contributed by atoms with Crippen LogP contribution < -0.4 is 4.74 Å². The molecule has 0 aliphatic carbocycles. The number of carbonyl (C=O) groups is 1. The van der Waals surface area contributed by atoms with Gasteiger partial charge >= 0.3 is 12.1 Å². The molecule has 2 bridgehead atoms. The monoisotopic (exact) mass is 466 g/mol. The number of hydrogen-bond acceptors (Lipinski definition) is 6. The molecule has 0 amide bonds. The number of rotatable bonds is 7. The molecule has 2 aliphatic rings. The highest BCUT2D eigenvalue weighted by Crippen LogP contribution is 2.56. The normalized spacial score (nSPS) is 25.9. The zero-order chi connectivity index (χ0) is 22.3. The number of hydrogen-bond donors (Lipinski definition) is 1. The van der Waals surface area contributed by atoms with Crippen LogP contribution in [0.3, 0.4) is 0 Å². The van der Waals surface area contributed by atoms with E-state index >= 15 is 0 Å². The average molecular weight is 466 g/mol. The van der Waals surface area contributed by atoms with Gasteiger partial charge in [-0.1, -0.05) is 6.58 Å². The minimum Gasteiger partial charge on any atom is -0.481 e. The molecule has 3 atom stereocenters. The molecule has 0 spiro atoms. The lowest BCUT2D eigenvalue weighted by Crippen LogP contribution is -2.46. The summed E-state index contributed by atoms with van der Waals surface area (Å²) in [4.78, 5) is 12.2. The van der Waals surface area contributed by atoms with Crippen molar-refractivity contribution in [2.24, 2.45) is 0 Å². The Morgan fingerprint density at radius 3 is 2.57 bits per heavy atom. The summed E-state index contributed by atoms with van der Waals surface area (Å²) in [6, 6.07) is 2.63. The van der Waals surface area contributed by atoms with E-state index in [1.807, 2.05) is 0 Å². The Labute approximate surface area is 176 Å². The molecule has 2 fully saturated rings. The fourth-order valence-electron chi connectivity index (χ4n) is 3.80. The van der Waals surface area contributed by atoms with E-state index in [1.54, 1.807) is 18.7 Å². The van der Waals surface area contributed by atoms with Gasteiger partial charge in [-0.05, 0) is 43.5 Å². The van der Waals surface area contributed by atoms with Crippen molar-refractivity contribution in [1.82, 2.24) is 0 Å². The second kappa shape index (κ2) is 8.08. The molecule has 1 aromatic carbocycles. The molecule has 1 N–H and O–H groups in total. The Balaban J connectivity index is 1.90. The molecule has 11 heteroatoms. The molecular weight excluding hydrogens is 445 g/mol. The van der Waals surface area contributed by atoms with Crippen LogP contribution in [0.25, 0.3) is 0 Å². The first kappa shape index (κ1) is 23.0. The highest BCUT2D eigenvalue weighted by Gasteiger charge is 2.55. The fourth-order valence-corrected chi connectivity index (χ4v) is 6.01. The van der Waals surface area contributed by atoms with Crippen LogP contribution in [0.5, 0.6) is 5.75 Å². The second-order valence-electron chi connectivity index (χ2n) is 7.43. The predicted octanol–water partition coefficient (Wildman–Crippen LogP) is 4.11. The molecule has 0 saturated carbocycles. The molecule has 2 saturated heterocycles. The van der Waals surface area contributed by atoms with Crippen molar-refractivity contribution in [2.75, 3.05) is 12.4 Å². The van der Waals surface area contributed by atoms with Gasteiger partial charge in [0.15, 0.2) is 0 Å². The third-order valence-electron chi connectivity index (χ3n) is 5.27. The Kier molecular flexibility index (Phi) is 6.18. The van der Waals surface area contributed by atoms with Crippen LogP contribution in [0.4, 0.5) is 13.2 Å². The molecule has 2 aliphatic heterocycles. The van der Waals surface area contributed by atoms with Crippen molar-refractivity contribution in [1.29, 1.82) is 0 Å². The Morgan fingerprint density at radius 2 is 2.07 bits per heavy atom. The first-order valence-electron chi connectivity index (χ1n) is 9.16. The minimum absolute atomic E-state index is 0.0218. The van der Waals surface area contributed by atoms with Gasteiger partial charge in [0.2, 0.25) is 0 Å². The summed E-state index contributed by atoms with van der Waals surface area (Å²) >= 11 is 1.68. The van der Waals surface area contributed by atoms with Crippen LogP contribution in [0.2, 0.25) is 0 Å². The van der Waals surface area contributed by atoms with Gasteiger partial charge < -0.3 is 9.47 Å². The van der Waals surface area contributed by atoms with Crippen LogP contribution in [-0.4, -0.2) is 47.4 Å². The molecule has 1 aromatic rings. The molecule has 2 heterocycles. The lowest BCUT2D eigenvalue weighted by atomic mass is 9.80. The molecule has 3 unspecified atom stereocenters. The van der Waals surface area contributed by atoms with E-state index in [1.165, 1.54) is 0 Å². The summed E-state index contributed by atoms with van der Waals surface area (Å²) in [5.74, 6) is -2.34. The first-order valence-corrected chi connectivity index (χ1v) is 11.7. The molecule has 0 aromatic heterocycles. The molecule has 30 heavy (non-hydrogen) atoms. The number of ether oxygens (including phenoxy) is 2. The van der Waals surface area contributed by atoms with Crippen molar-refractivity contribution in [2.45, 2.75) is 48.5 Å². The number of halogens is 3. The number of benzene rings is 1. The maximum absolute atomic E-state index is 13.6. The lowest BCUT2D eigenvalue weighted by Gasteiger charge is -2.38. The van der Waals surface area contributed by atoms with E-state index in [0.717, 1.165) is 31.0 Å². The van der Waals surface area contributed by atoms with E-state index in [9.17, 15) is 26.4 Å². The van der Waals surface area contributed by atoms with Crippen molar-refractivity contribution in [3.8, 4) is 5.75 Å². The minimum atomic E-state index is -4.70. The highest BCUT2D eigenvalue weighted by atomic mass is 32.2.